The van der Waals surface area contributed by atoms with Crippen LogP contribution in [0.3, 0.4) is 0 Å². The molecule has 0 aliphatic rings. The molecule has 2 rings (SSSR count). The molecule has 0 radical (unpaired) electrons. The number of nitrogens with zero attached hydrogens (tertiary/aromatic N) is 1. The van der Waals surface area contributed by atoms with E-state index in [0.29, 0.717) is 13.2 Å². The molecule has 0 spiro atoms. The van der Waals surface area contributed by atoms with Crippen LogP contribution in [-0.4, -0.2) is 11.6 Å². The van der Waals surface area contributed by atoms with Crippen LogP contribution in [0.5, 0.6) is 0 Å². The Hall–Kier alpha value is -1.23. The molecule has 4 heteroatoms. The molecule has 0 saturated heterocycles. The molecule has 0 bridgehead atoms. The molecule has 0 unspecified atom stereocenters. The highest BCUT2D eigenvalue weighted by Crippen LogP contribution is 2.21. The van der Waals surface area contributed by atoms with Gasteiger partial charge in [0.1, 0.15) is 0 Å². The fraction of sp³-hybridized carbons (Fsp3) is 0.400. The van der Waals surface area contributed by atoms with Gasteiger partial charge in [-0.1, -0.05) is 0 Å². The first-order chi connectivity index (χ1) is 9.29. The van der Waals surface area contributed by atoms with Crippen molar-refractivity contribution in [3.63, 3.8) is 0 Å². The molecule has 0 atom stereocenters. The molecule has 2 heterocycles. The van der Waals surface area contributed by atoms with Gasteiger partial charge in [0, 0.05) is 35.3 Å². The highest BCUT2D eigenvalue weighted by molar-refractivity contribution is 7.12. The van der Waals surface area contributed by atoms with E-state index in [4.69, 9.17) is 10.5 Å². The van der Waals surface area contributed by atoms with Gasteiger partial charge in [-0.25, -0.2) is 0 Å². The lowest BCUT2D eigenvalue weighted by Gasteiger charge is -2.04. The second kappa shape index (κ2) is 7.38. The van der Waals surface area contributed by atoms with Crippen molar-refractivity contribution in [1.82, 2.24) is 4.98 Å². The van der Waals surface area contributed by atoms with Gasteiger partial charge < -0.3 is 10.5 Å². The number of thiophene rings is 1. The molecule has 0 fully saturated rings. The van der Waals surface area contributed by atoms with E-state index in [2.05, 4.69) is 30.1 Å². The summed E-state index contributed by atoms with van der Waals surface area (Å²) in [5.41, 5.74) is 8.23. The summed E-state index contributed by atoms with van der Waals surface area (Å²) in [5.74, 6) is 0. The van der Waals surface area contributed by atoms with Crippen LogP contribution in [0, 0.1) is 6.92 Å². The standard InChI is InChI=1S/C15H20N2OS/c1-12-14(9-15(10-16)19-12)11-18-8-2-3-13-4-6-17-7-5-13/h4-7,9H,2-3,8,10-11,16H2,1H3. The number of aromatic nitrogens is 1. The van der Waals surface area contributed by atoms with Crippen molar-refractivity contribution in [3.8, 4) is 0 Å². The third-order valence-electron chi connectivity index (χ3n) is 3.03. The van der Waals surface area contributed by atoms with Crippen molar-refractivity contribution in [1.29, 1.82) is 0 Å². The monoisotopic (exact) mass is 276 g/mol. The minimum absolute atomic E-state index is 0.619. The van der Waals surface area contributed by atoms with E-state index in [0.717, 1.165) is 19.4 Å². The minimum Gasteiger partial charge on any atom is -0.377 e. The number of ether oxygens (including phenoxy) is 1. The zero-order chi connectivity index (χ0) is 13.5. The van der Waals surface area contributed by atoms with E-state index < -0.39 is 0 Å². The zero-order valence-corrected chi connectivity index (χ0v) is 12.1. The molecule has 19 heavy (non-hydrogen) atoms. The van der Waals surface area contributed by atoms with Crippen molar-refractivity contribution in [2.75, 3.05) is 6.61 Å². The topological polar surface area (TPSA) is 48.1 Å². The number of nitrogens with two attached hydrogens (primary N) is 1. The highest BCUT2D eigenvalue weighted by Gasteiger charge is 2.04. The number of aryl methyl sites for hydroxylation is 2. The van der Waals surface area contributed by atoms with Gasteiger partial charge in [0.25, 0.3) is 0 Å². The normalized spacial score (nSPS) is 10.8. The Morgan fingerprint density at radius 2 is 2.11 bits per heavy atom. The van der Waals surface area contributed by atoms with E-state index in [1.165, 1.54) is 20.9 Å². The van der Waals surface area contributed by atoms with Crippen LogP contribution in [-0.2, 0) is 24.3 Å². The van der Waals surface area contributed by atoms with Gasteiger partial charge in [-0.15, -0.1) is 11.3 Å². The zero-order valence-electron chi connectivity index (χ0n) is 11.3. The summed E-state index contributed by atoms with van der Waals surface area (Å²) in [5, 5.41) is 0. The summed E-state index contributed by atoms with van der Waals surface area (Å²) in [6.45, 7) is 4.22. The predicted octanol–water partition coefficient (Wildman–Crippen LogP) is 3.06. The predicted molar refractivity (Wildman–Crippen MR) is 79.2 cm³/mol. The Morgan fingerprint density at radius 3 is 2.79 bits per heavy atom. The molecular formula is C15H20N2OS. The van der Waals surface area contributed by atoms with Crippen molar-refractivity contribution >= 4 is 11.3 Å². The Balaban J connectivity index is 1.68. The quantitative estimate of drug-likeness (QED) is 0.791. The summed E-state index contributed by atoms with van der Waals surface area (Å²) >= 11 is 1.76. The molecule has 2 aromatic heterocycles. The van der Waals surface area contributed by atoms with Crippen molar-refractivity contribution in [3.05, 3.63) is 51.5 Å². The molecule has 2 aromatic rings. The van der Waals surface area contributed by atoms with E-state index in [-0.39, 0.29) is 0 Å². The molecule has 102 valence electrons. The Bertz CT molecular complexity index is 496. The largest absolute Gasteiger partial charge is 0.377 e. The van der Waals surface area contributed by atoms with Gasteiger partial charge in [0.05, 0.1) is 6.61 Å². The number of rotatable bonds is 7. The Labute approximate surface area is 118 Å². The molecule has 0 saturated carbocycles. The Kier molecular flexibility index (Phi) is 5.51. The van der Waals surface area contributed by atoms with Gasteiger partial charge >= 0.3 is 0 Å². The molecule has 3 nitrogen and oxygen atoms in total. The summed E-state index contributed by atoms with van der Waals surface area (Å²) < 4.78 is 5.73. The first-order valence-corrected chi connectivity index (χ1v) is 7.36. The molecule has 2 N–H and O–H groups in total. The second-order valence-corrected chi connectivity index (χ2v) is 5.85. The summed E-state index contributed by atoms with van der Waals surface area (Å²) in [4.78, 5) is 6.55. The maximum absolute atomic E-state index is 5.73. The average molecular weight is 276 g/mol. The van der Waals surface area contributed by atoms with Crippen LogP contribution in [0.1, 0.15) is 27.3 Å². The van der Waals surface area contributed by atoms with Gasteiger partial charge in [-0.3, -0.25) is 4.98 Å². The smallest absolute Gasteiger partial charge is 0.0727 e. The van der Waals surface area contributed by atoms with Crippen LogP contribution < -0.4 is 5.73 Å². The molecule has 0 aromatic carbocycles. The first kappa shape index (κ1) is 14.2. The Morgan fingerprint density at radius 1 is 1.32 bits per heavy atom. The van der Waals surface area contributed by atoms with Crippen LogP contribution >= 0.6 is 11.3 Å². The van der Waals surface area contributed by atoms with Gasteiger partial charge in [-0.05, 0) is 49.1 Å². The number of hydrogen-bond acceptors (Lipinski definition) is 4. The van der Waals surface area contributed by atoms with Crippen LogP contribution in [0.15, 0.2) is 30.6 Å². The number of hydrogen-bond donors (Lipinski definition) is 1. The van der Waals surface area contributed by atoms with Gasteiger partial charge in [0.15, 0.2) is 0 Å². The summed E-state index contributed by atoms with van der Waals surface area (Å²) in [6.07, 6.45) is 5.74. The highest BCUT2D eigenvalue weighted by atomic mass is 32.1. The van der Waals surface area contributed by atoms with E-state index in [1.54, 1.807) is 11.3 Å². The van der Waals surface area contributed by atoms with Crippen LogP contribution in [0.25, 0.3) is 0 Å². The third-order valence-corrected chi connectivity index (χ3v) is 4.15. The lowest BCUT2D eigenvalue weighted by Crippen LogP contribution is -1.98. The fourth-order valence-electron chi connectivity index (χ4n) is 1.94. The summed E-state index contributed by atoms with van der Waals surface area (Å²) in [7, 11) is 0. The molecule has 0 aliphatic heterocycles. The van der Waals surface area contributed by atoms with Crippen LogP contribution in [0.4, 0.5) is 0 Å². The van der Waals surface area contributed by atoms with E-state index in [9.17, 15) is 0 Å². The van der Waals surface area contributed by atoms with Gasteiger partial charge in [0.2, 0.25) is 0 Å². The van der Waals surface area contributed by atoms with E-state index >= 15 is 0 Å². The van der Waals surface area contributed by atoms with Gasteiger partial charge in [-0.2, -0.15) is 0 Å². The van der Waals surface area contributed by atoms with Crippen LogP contribution in [0.2, 0.25) is 0 Å². The lowest BCUT2D eigenvalue weighted by molar-refractivity contribution is 0.118. The van der Waals surface area contributed by atoms with E-state index in [1.807, 2.05) is 12.4 Å². The SMILES string of the molecule is Cc1sc(CN)cc1COCCCc1ccncc1. The summed E-state index contributed by atoms with van der Waals surface area (Å²) in [6, 6.07) is 6.26. The third kappa shape index (κ3) is 4.42. The van der Waals surface area contributed by atoms with Crippen molar-refractivity contribution in [2.24, 2.45) is 5.73 Å². The second-order valence-electron chi connectivity index (χ2n) is 4.51. The number of pyridine rings is 1. The van der Waals surface area contributed by atoms with Crippen molar-refractivity contribution in [2.45, 2.75) is 32.9 Å². The molecule has 0 amide bonds. The fourth-order valence-corrected chi connectivity index (χ4v) is 2.87. The first-order valence-electron chi connectivity index (χ1n) is 6.54. The minimum atomic E-state index is 0.619. The molecular weight excluding hydrogens is 256 g/mol. The molecule has 0 aliphatic carbocycles. The maximum Gasteiger partial charge on any atom is 0.0727 e. The average Bonchev–Trinajstić information content (AvgIpc) is 2.80. The maximum atomic E-state index is 5.73. The van der Waals surface area contributed by atoms with Crippen molar-refractivity contribution < 1.29 is 4.74 Å². The lowest BCUT2D eigenvalue weighted by atomic mass is 10.1.